The van der Waals surface area contributed by atoms with Crippen molar-refractivity contribution in [3.63, 3.8) is 0 Å². The van der Waals surface area contributed by atoms with Crippen molar-refractivity contribution in [2.45, 2.75) is 18.2 Å². The Hall–Kier alpha value is -1.35. The average Bonchev–Trinajstić information content (AvgIpc) is 2.27. The second-order valence-corrected chi connectivity index (χ2v) is 6.04. The number of primary amides is 1. The van der Waals surface area contributed by atoms with Gasteiger partial charge in [0.05, 0.1) is 22.2 Å². The normalized spacial score (nSPS) is 12.3. The van der Waals surface area contributed by atoms with Crippen LogP contribution in [-0.2, 0) is 14.9 Å². The fourth-order valence-corrected chi connectivity index (χ4v) is 2.56. The highest BCUT2D eigenvalue weighted by atomic mass is 35.5. The van der Waals surface area contributed by atoms with Gasteiger partial charge >= 0.3 is 0 Å². The maximum absolute atomic E-state index is 11.0. The number of benzene rings is 1. The number of rotatable bonds is 5. The van der Waals surface area contributed by atoms with Gasteiger partial charge in [-0.2, -0.15) is 13.5 Å². The molecule has 7 nitrogen and oxygen atoms in total. The summed E-state index contributed by atoms with van der Waals surface area (Å²) >= 11 is 11.6. The minimum Gasteiger partial charge on any atom is -0.369 e. The van der Waals surface area contributed by atoms with Gasteiger partial charge in [-0.3, -0.25) is 14.8 Å². The number of nitrogens with zero attached hydrogens (tertiary/aromatic N) is 1. The summed E-state index contributed by atoms with van der Waals surface area (Å²) in [6.45, 7) is 1.57. The summed E-state index contributed by atoms with van der Waals surface area (Å²) in [6, 6.07) is 2.18. The van der Waals surface area contributed by atoms with E-state index < -0.39 is 20.9 Å². The maximum atomic E-state index is 11.0. The first-order chi connectivity index (χ1) is 9.11. The third-order valence-corrected chi connectivity index (χ3v) is 3.73. The van der Waals surface area contributed by atoms with E-state index in [0.717, 1.165) is 6.07 Å². The Labute approximate surface area is 125 Å². The molecular weight excluding hydrogens is 329 g/mol. The lowest BCUT2D eigenvalue weighted by molar-refractivity contribution is -0.116. The molecule has 1 aromatic carbocycles. The standard InChI is InChI=1S/C10H11Cl2N3O4S/c1-5(2-10(13)16)14-15-8-3-7(12)9(4-6(8)11)20(17,18)19/h3-4,15H,2H2,1H3,(H2,13,16)(H,17,18,19)/b14-5+. The number of hydrogen-bond donors (Lipinski definition) is 3. The first-order valence-corrected chi connectivity index (χ1v) is 7.35. The van der Waals surface area contributed by atoms with Crippen LogP contribution in [0.5, 0.6) is 0 Å². The number of carbonyl (C=O) groups excluding carboxylic acids is 1. The van der Waals surface area contributed by atoms with Crippen molar-refractivity contribution in [2.75, 3.05) is 5.43 Å². The summed E-state index contributed by atoms with van der Waals surface area (Å²) in [5.74, 6) is -0.543. The molecule has 0 atom stereocenters. The molecule has 1 rings (SSSR count). The maximum Gasteiger partial charge on any atom is 0.296 e. The summed E-state index contributed by atoms with van der Waals surface area (Å²) in [4.78, 5) is 10.2. The predicted molar refractivity (Wildman–Crippen MR) is 76.8 cm³/mol. The number of hydrazone groups is 1. The Kier molecular flexibility index (Phi) is 5.35. The Morgan fingerprint density at radius 2 is 2.00 bits per heavy atom. The van der Waals surface area contributed by atoms with Gasteiger partial charge in [0, 0.05) is 5.71 Å². The van der Waals surface area contributed by atoms with E-state index in [1.54, 1.807) is 6.92 Å². The van der Waals surface area contributed by atoms with Crippen molar-refractivity contribution in [3.05, 3.63) is 22.2 Å². The molecular formula is C10H11Cl2N3O4S. The molecule has 0 unspecified atom stereocenters. The fraction of sp³-hybridized carbons (Fsp3) is 0.200. The molecule has 4 N–H and O–H groups in total. The van der Waals surface area contributed by atoms with E-state index in [4.69, 9.17) is 33.5 Å². The molecule has 0 saturated heterocycles. The minimum atomic E-state index is -4.46. The smallest absolute Gasteiger partial charge is 0.296 e. The molecule has 0 fully saturated rings. The molecule has 20 heavy (non-hydrogen) atoms. The van der Waals surface area contributed by atoms with Crippen LogP contribution < -0.4 is 11.2 Å². The van der Waals surface area contributed by atoms with E-state index in [-0.39, 0.29) is 22.2 Å². The van der Waals surface area contributed by atoms with Crippen LogP contribution in [0, 0.1) is 0 Å². The molecule has 0 bridgehead atoms. The van der Waals surface area contributed by atoms with Gasteiger partial charge < -0.3 is 5.73 Å². The van der Waals surface area contributed by atoms with E-state index >= 15 is 0 Å². The largest absolute Gasteiger partial charge is 0.369 e. The predicted octanol–water partition coefficient (Wildman–Crippen LogP) is 1.90. The zero-order chi connectivity index (χ0) is 15.5. The number of nitrogens with two attached hydrogens (primary N) is 1. The lowest BCUT2D eigenvalue weighted by Gasteiger charge is -2.08. The lowest BCUT2D eigenvalue weighted by Crippen LogP contribution is -2.15. The van der Waals surface area contributed by atoms with Crippen LogP contribution in [0.3, 0.4) is 0 Å². The zero-order valence-corrected chi connectivity index (χ0v) is 12.6. The van der Waals surface area contributed by atoms with Crippen LogP contribution in [0.15, 0.2) is 22.1 Å². The second kappa shape index (κ2) is 6.40. The van der Waals surface area contributed by atoms with Crippen LogP contribution in [0.25, 0.3) is 0 Å². The third kappa shape index (κ3) is 4.64. The number of anilines is 1. The van der Waals surface area contributed by atoms with Gasteiger partial charge in [0.2, 0.25) is 5.91 Å². The number of hydrogen-bond acceptors (Lipinski definition) is 5. The van der Waals surface area contributed by atoms with Gasteiger partial charge in [0.1, 0.15) is 4.90 Å². The number of amides is 1. The van der Waals surface area contributed by atoms with E-state index in [1.165, 1.54) is 6.07 Å². The number of nitrogens with one attached hydrogen (secondary N) is 1. The molecule has 0 aromatic heterocycles. The molecule has 10 heteroatoms. The molecule has 0 aliphatic carbocycles. The average molecular weight is 340 g/mol. The molecule has 0 heterocycles. The molecule has 0 spiro atoms. The van der Waals surface area contributed by atoms with Gasteiger partial charge in [-0.05, 0) is 19.1 Å². The van der Waals surface area contributed by atoms with Crippen molar-refractivity contribution in [1.82, 2.24) is 0 Å². The van der Waals surface area contributed by atoms with Crippen LogP contribution in [0.4, 0.5) is 5.69 Å². The highest BCUT2D eigenvalue weighted by Crippen LogP contribution is 2.31. The van der Waals surface area contributed by atoms with Crippen molar-refractivity contribution in [1.29, 1.82) is 0 Å². The SMILES string of the molecule is C/C(CC(N)=O)=N\Nc1cc(Cl)c(S(=O)(=O)O)cc1Cl. The molecule has 0 aliphatic rings. The molecule has 1 amide bonds. The number of halogens is 2. The van der Waals surface area contributed by atoms with Crippen molar-refractivity contribution in [2.24, 2.45) is 10.8 Å². The summed E-state index contributed by atoms with van der Waals surface area (Å²) in [5, 5.41) is 3.60. The first-order valence-electron chi connectivity index (χ1n) is 5.15. The van der Waals surface area contributed by atoms with Gasteiger partial charge in [-0.1, -0.05) is 23.2 Å². The molecule has 110 valence electrons. The Morgan fingerprint density at radius 1 is 1.40 bits per heavy atom. The van der Waals surface area contributed by atoms with E-state index in [1.807, 2.05) is 0 Å². The first kappa shape index (κ1) is 16.7. The fourth-order valence-electron chi connectivity index (χ4n) is 1.26. The van der Waals surface area contributed by atoms with Gasteiger partial charge in [-0.15, -0.1) is 0 Å². The molecule has 0 radical (unpaired) electrons. The van der Waals surface area contributed by atoms with E-state index in [0.29, 0.717) is 5.71 Å². The number of carbonyl (C=O) groups is 1. The van der Waals surface area contributed by atoms with Crippen LogP contribution in [-0.4, -0.2) is 24.6 Å². The van der Waals surface area contributed by atoms with Crippen molar-refractivity contribution in [3.8, 4) is 0 Å². The Morgan fingerprint density at radius 3 is 2.50 bits per heavy atom. The topological polar surface area (TPSA) is 122 Å². The van der Waals surface area contributed by atoms with Crippen LogP contribution in [0.1, 0.15) is 13.3 Å². The Bertz CT molecular complexity index is 673. The van der Waals surface area contributed by atoms with E-state index in [2.05, 4.69) is 10.5 Å². The van der Waals surface area contributed by atoms with Gasteiger partial charge in [0.25, 0.3) is 10.1 Å². The summed E-state index contributed by atoms with van der Waals surface area (Å²) in [6.07, 6.45) is -0.0402. The minimum absolute atomic E-state index is 0.0161. The van der Waals surface area contributed by atoms with Crippen LogP contribution >= 0.6 is 23.2 Å². The highest BCUT2D eigenvalue weighted by Gasteiger charge is 2.17. The van der Waals surface area contributed by atoms with Crippen LogP contribution in [0.2, 0.25) is 10.0 Å². The second-order valence-electron chi connectivity index (χ2n) is 3.84. The quantitative estimate of drug-likeness (QED) is 0.429. The lowest BCUT2D eigenvalue weighted by atomic mass is 10.3. The van der Waals surface area contributed by atoms with Gasteiger partial charge in [0.15, 0.2) is 0 Å². The summed E-state index contributed by atoms with van der Waals surface area (Å²) in [5.41, 5.74) is 8.14. The molecule has 0 saturated carbocycles. The zero-order valence-electron chi connectivity index (χ0n) is 10.2. The van der Waals surface area contributed by atoms with Gasteiger partial charge in [-0.25, -0.2) is 0 Å². The highest BCUT2D eigenvalue weighted by molar-refractivity contribution is 7.86. The monoisotopic (exact) mass is 339 g/mol. The van der Waals surface area contributed by atoms with E-state index in [9.17, 15) is 13.2 Å². The molecule has 1 aromatic rings. The summed E-state index contributed by atoms with van der Waals surface area (Å²) < 4.78 is 31.0. The summed E-state index contributed by atoms with van der Waals surface area (Å²) in [7, 11) is -4.46. The van der Waals surface area contributed by atoms with Crippen molar-refractivity contribution < 1.29 is 17.8 Å². The van der Waals surface area contributed by atoms with Crippen molar-refractivity contribution >= 4 is 50.6 Å². The Balaban J connectivity index is 3.05. The third-order valence-electron chi connectivity index (χ3n) is 2.10. The molecule has 0 aliphatic heterocycles.